The van der Waals surface area contributed by atoms with Crippen molar-refractivity contribution >= 4 is 43.8 Å². The maximum absolute atomic E-state index is 5.18. The van der Waals surface area contributed by atoms with Gasteiger partial charge in [0, 0.05) is 6.20 Å². The van der Waals surface area contributed by atoms with Crippen LogP contribution >= 0.6 is 18.0 Å². The first-order valence-electron chi connectivity index (χ1n) is 15.5. The van der Waals surface area contributed by atoms with E-state index in [4.69, 9.17) is 15.0 Å². The molecule has 0 saturated carbocycles. The van der Waals surface area contributed by atoms with E-state index in [1.165, 1.54) is 5.56 Å². The van der Waals surface area contributed by atoms with E-state index in [1.54, 1.807) is 6.20 Å². The molecule has 10 heteroatoms. The van der Waals surface area contributed by atoms with Crippen molar-refractivity contribution in [3.05, 3.63) is 117 Å². The molecule has 5 aromatic rings. The molecule has 0 amide bonds. The van der Waals surface area contributed by atoms with E-state index in [1.807, 2.05) is 41.9 Å². The van der Waals surface area contributed by atoms with E-state index in [0.717, 1.165) is 77.9 Å². The summed E-state index contributed by atoms with van der Waals surface area (Å²) in [6, 6.07) is 27.3. The molecule has 1 saturated heterocycles. The summed E-state index contributed by atoms with van der Waals surface area (Å²) < 4.78 is 11.0. The van der Waals surface area contributed by atoms with Crippen molar-refractivity contribution in [1.82, 2.24) is 34.8 Å². The van der Waals surface area contributed by atoms with E-state index in [0.29, 0.717) is 18.4 Å². The topological polar surface area (TPSA) is 100 Å². The van der Waals surface area contributed by atoms with Crippen LogP contribution in [0.15, 0.2) is 99.1 Å². The molecular weight excluding hydrogens is 685 g/mol. The Hall–Kier alpha value is -4.42. The van der Waals surface area contributed by atoms with Crippen molar-refractivity contribution in [2.45, 2.75) is 38.9 Å². The predicted molar refractivity (Wildman–Crippen MR) is 196 cm³/mol. The molecule has 5 heterocycles. The minimum atomic E-state index is -2.74. The summed E-state index contributed by atoms with van der Waals surface area (Å²) in [7, 11) is 0. The maximum atomic E-state index is 5.18. The van der Waals surface area contributed by atoms with E-state index in [-0.39, 0.29) is 0 Å². The Balaban J connectivity index is 1.09. The summed E-state index contributed by atoms with van der Waals surface area (Å²) in [5.41, 5.74) is 7.32. The van der Waals surface area contributed by atoms with Gasteiger partial charge in [-0.25, -0.2) is 4.98 Å². The number of aliphatic imine (C=N–C) groups is 2. The number of H-pyrrole nitrogens is 1. The van der Waals surface area contributed by atoms with Crippen LogP contribution in [0.1, 0.15) is 47.0 Å². The van der Waals surface area contributed by atoms with E-state index < -0.39 is 18.0 Å². The summed E-state index contributed by atoms with van der Waals surface area (Å²) in [5.74, 6) is 2.83. The number of pyridine rings is 1. The zero-order valence-corrected chi connectivity index (χ0v) is 28.4. The molecule has 1 N–H and O–H groups in total. The van der Waals surface area contributed by atoms with Crippen LogP contribution in [-0.2, 0) is 13.2 Å². The monoisotopic (exact) mass is 723 g/mol. The zero-order chi connectivity index (χ0) is 31.5. The van der Waals surface area contributed by atoms with Crippen LogP contribution in [0.4, 0.5) is 5.82 Å². The summed E-state index contributed by atoms with van der Waals surface area (Å²) >= 11 is -2.74. The third kappa shape index (κ3) is 6.87. The van der Waals surface area contributed by atoms with Crippen LogP contribution in [0.25, 0.3) is 17.1 Å². The number of aromatic nitrogens is 6. The molecular formula is C36H38IN9. The second kappa shape index (κ2) is 13.1. The number of allylic oxidation sites excluding steroid dienone is 1. The predicted octanol–water partition coefficient (Wildman–Crippen LogP) is 7.02. The number of hydrogen-bond acceptors (Lipinski definition) is 7. The zero-order valence-electron chi connectivity index (χ0n) is 26.2. The average molecular weight is 724 g/mol. The minimum absolute atomic E-state index is 0.380. The molecule has 1 atom stereocenters. The quantitative estimate of drug-likeness (QED) is 0.150. The van der Waals surface area contributed by atoms with Gasteiger partial charge >= 0.3 is 213 Å². The van der Waals surface area contributed by atoms with Gasteiger partial charge in [-0.3, -0.25) is 10.1 Å². The van der Waals surface area contributed by atoms with Crippen molar-refractivity contribution < 1.29 is 0 Å². The third-order valence-electron chi connectivity index (χ3n) is 8.35. The number of piperidine rings is 1. The fourth-order valence-corrected chi connectivity index (χ4v) is 9.13. The van der Waals surface area contributed by atoms with Gasteiger partial charge in [0.25, 0.3) is 0 Å². The van der Waals surface area contributed by atoms with Gasteiger partial charge < -0.3 is 0 Å². The molecule has 0 spiro atoms. The normalized spacial score (nSPS) is 23.7. The molecule has 1 unspecified atom stereocenters. The van der Waals surface area contributed by atoms with Gasteiger partial charge in [0.15, 0.2) is 5.82 Å². The molecule has 234 valence electrons. The van der Waals surface area contributed by atoms with Crippen LogP contribution in [0.5, 0.6) is 0 Å². The van der Waals surface area contributed by atoms with Gasteiger partial charge in [-0.05, 0) is 12.1 Å². The number of fused-ring (bicyclic) bond motifs is 1. The van der Waals surface area contributed by atoms with Gasteiger partial charge in [0.05, 0.1) is 0 Å². The van der Waals surface area contributed by atoms with Crippen LogP contribution in [0, 0.1) is 6.92 Å². The SMILES string of the molecule is C=I1(C)/C=N\c2cc(C)nn2C/N=C(c2ccc(CN3CCC(c4nc(-c5ccccn5)n[nH]4)CC3)cc2)\C(c2ccccc2)=C/1. The Bertz CT molecular complexity index is 1950. The number of nitrogens with zero attached hydrogens (tertiary/aromatic N) is 8. The number of rotatable bonds is 6. The van der Waals surface area contributed by atoms with Crippen LogP contribution in [-0.4, -0.2) is 67.3 Å². The molecule has 0 radical (unpaired) electrons. The summed E-state index contributed by atoms with van der Waals surface area (Å²) in [6.45, 7) is 5.33. The number of aryl methyl sites for hydroxylation is 1. The summed E-state index contributed by atoms with van der Waals surface area (Å²) in [5, 5.41) is 12.3. The Morgan fingerprint density at radius 3 is 2.50 bits per heavy atom. The van der Waals surface area contributed by atoms with Gasteiger partial charge in [-0.2, -0.15) is 5.10 Å². The summed E-state index contributed by atoms with van der Waals surface area (Å²) in [4.78, 5) is 23.9. The Kier molecular flexibility index (Phi) is 8.63. The molecule has 9 nitrogen and oxygen atoms in total. The van der Waals surface area contributed by atoms with Crippen LogP contribution in [0.2, 0.25) is 0 Å². The molecule has 46 heavy (non-hydrogen) atoms. The first-order valence-corrected chi connectivity index (χ1v) is 21.7. The first kappa shape index (κ1) is 30.2. The van der Waals surface area contributed by atoms with Crippen molar-refractivity contribution in [2.75, 3.05) is 18.0 Å². The van der Waals surface area contributed by atoms with Crippen LogP contribution < -0.4 is 0 Å². The molecule has 1 fully saturated rings. The Morgan fingerprint density at radius 1 is 0.957 bits per heavy atom. The number of hydrogen-bond donors (Lipinski definition) is 1. The Morgan fingerprint density at radius 2 is 1.74 bits per heavy atom. The Labute approximate surface area is 273 Å². The van der Waals surface area contributed by atoms with Gasteiger partial charge in [0.2, 0.25) is 0 Å². The number of nitrogens with one attached hydrogen (secondary N) is 1. The van der Waals surface area contributed by atoms with E-state index in [9.17, 15) is 0 Å². The van der Waals surface area contributed by atoms with Crippen LogP contribution in [0.3, 0.4) is 0 Å². The van der Waals surface area contributed by atoms with Crippen molar-refractivity contribution in [2.24, 2.45) is 9.98 Å². The molecule has 2 aliphatic heterocycles. The average Bonchev–Trinajstić information content (AvgIpc) is 3.72. The number of aromatic amines is 1. The van der Waals surface area contributed by atoms with Gasteiger partial charge in [0.1, 0.15) is 11.5 Å². The van der Waals surface area contributed by atoms with Gasteiger partial charge in [-0.15, -0.1) is 0 Å². The number of likely N-dealkylation sites (tertiary alicyclic amines) is 1. The number of halogens is 1. The molecule has 0 bridgehead atoms. The second-order valence-electron chi connectivity index (χ2n) is 12.1. The molecule has 2 aliphatic rings. The van der Waals surface area contributed by atoms with Crippen molar-refractivity contribution in [3.63, 3.8) is 0 Å². The summed E-state index contributed by atoms with van der Waals surface area (Å²) in [6.07, 6.45) is 3.86. The fourth-order valence-electron chi connectivity index (χ4n) is 5.97. The fraction of sp³-hybridized carbons (Fsp3) is 0.250. The van der Waals surface area contributed by atoms with Gasteiger partial charge in [-0.1, -0.05) is 6.07 Å². The number of benzene rings is 2. The first-order chi connectivity index (χ1) is 22.4. The molecule has 3 aromatic heterocycles. The third-order valence-corrected chi connectivity index (χ3v) is 11.9. The molecule has 2 aromatic carbocycles. The van der Waals surface area contributed by atoms with E-state index >= 15 is 0 Å². The number of alkyl halides is 1. The van der Waals surface area contributed by atoms with Crippen molar-refractivity contribution in [3.8, 4) is 11.5 Å². The second-order valence-corrected chi connectivity index (χ2v) is 19.7. The molecule has 7 rings (SSSR count). The van der Waals surface area contributed by atoms with Crippen molar-refractivity contribution in [1.29, 1.82) is 0 Å². The standard InChI is InChI=1S/C36H38IN9/c1-26-21-33-39-24-37(2,3)22-31(28-9-5-4-6-10-28)34(40-25-46(33)44-26)29-14-12-27(13-15-29)23-45-19-16-30(17-20-45)35-41-36(43-42-35)32-11-7-8-18-38-32/h4-15,18,21-22,24,30H,2,16-17,19-20,23,25H2,1,3H3,(H,41,42,43)/b31-22-,39-24-,40-34-. The molecule has 0 aliphatic carbocycles. The van der Waals surface area contributed by atoms with E-state index in [2.05, 4.69) is 91.5 Å².